The second-order valence-corrected chi connectivity index (χ2v) is 7.05. The van der Waals surface area contributed by atoms with Crippen LogP contribution in [0.5, 0.6) is 0 Å². The van der Waals surface area contributed by atoms with Crippen LogP contribution in [0.15, 0.2) is 48.5 Å². The van der Waals surface area contributed by atoms with E-state index >= 15 is 0 Å². The Morgan fingerprint density at radius 3 is 1.85 bits per heavy atom. The molecule has 0 aliphatic heterocycles. The number of nitrogens with one attached hydrogen (secondary N) is 1. The molecule has 3 rings (SSSR count). The van der Waals surface area contributed by atoms with Crippen molar-refractivity contribution < 1.29 is 24.6 Å². The van der Waals surface area contributed by atoms with Gasteiger partial charge in [-0.25, -0.2) is 4.85 Å². The van der Waals surface area contributed by atoms with Gasteiger partial charge in [0.05, 0.1) is 6.57 Å². The van der Waals surface area contributed by atoms with Crippen LogP contribution in [-0.2, 0) is 27.2 Å². The first-order valence-corrected chi connectivity index (χ1v) is 10.5. The van der Waals surface area contributed by atoms with Gasteiger partial charge in [-0.05, 0) is 36.1 Å². The van der Waals surface area contributed by atoms with E-state index in [1.54, 1.807) is 38.1 Å². The molecule has 0 saturated carbocycles. The molecule has 0 aliphatic carbocycles. The zero-order chi connectivity index (χ0) is 25.3. The third-order valence-corrected chi connectivity index (χ3v) is 4.32. The number of tetrazole rings is 1. The molecule has 0 aliphatic rings. The lowest BCUT2D eigenvalue weighted by atomic mass is 10.1. The number of nitrogens with zero attached hydrogens (tertiary/aromatic N) is 4. The summed E-state index contributed by atoms with van der Waals surface area (Å²) in [5.74, 6) is -0.750. The van der Waals surface area contributed by atoms with Crippen LogP contribution in [0.4, 0.5) is 5.69 Å². The number of rotatable bonds is 8. The van der Waals surface area contributed by atoms with Crippen LogP contribution in [0.3, 0.4) is 0 Å². The van der Waals surface area contributed by atoms with Gasteiger partial charge < -0.3 is 15.0 Å². The number of aliphatic carboxylic acids is 2. The molecule has 34 heavy (non-hydrogen) atoms. The van der Waals surface area contributed by atoms with Gasteiger partial charge in [0.2, 0.25) is 5.82 Å². The number of Topliss-reactive ketones (excluding diaryl/α,β-unsaturated/α-hetero) is 1. The lowest BCUT2D eigenvalue weighted by molar-refractivity contribution is -0.137. The van der Waals surface area contributed by atoms with Gasteiger partial charge in [0, 0.05) is 24.8 Å². The fourth-order valence-corrected chi connectivity index (χ4v) is 2.41. The minimum atomic E-state index is -0.797. The molecular formula is C24H27N5O5. The zero-order valence-corrected chi connectivity index (χ0v) is 19.1. The minimum Gasteiger partial charge on any atom is -0.481 e. The average molecular weight is 466 g/mol. The van der Waals surface area contributed by atoms with E-state index < -0.39 is 11.9 Å². The Morgan fingerprint density at radius 2 is 1.44 bits per heavy atom. The maximum atomic E-state index is 10.8. The van der Waals surface area contributed by atoms with Crippen LogP contribution >= 0.6 is 0 Å². The molecule has 0 spiro atoms. The second kappa shape index (κ2) is 15.4. The third kappa shape index (κ3) is 11.9. The fraction of sp³-hybridized carbons (Fsp3) is 0.292. The molecule has 1 aromatic heterocycles. The Balaban J connectivity index is 0.000000289. The number of carbonyl (C=O) groups excluding carboxylic acids is 1. The minimum absolute atomic E-state index is 0.136. The first-order valence-electron chi connectivity index (χ1n) is 10.5. The lowest BCUT2D eigenvalue weighted by Crippen LogP contribution is -1.96. The van der Waals surface area contributed by atoms with E-state index in [9.17, 15) is 14.4 Å². The van der Waals surface area contributed by atoms with Gasteiger partial charge in [-0.15, -0.1) is 10.2 Å². The molecule has 0 saturated heterocycles. The van der Waals surface area contributed by atoms with Crippen molar-refractivity contribution in [3.8, 4) is 11.4 Å². The summed E-state index contributed by atoms with van der Waals surface area (Å²) in [6.45, 7) is 9.92. The maximum Gasteiger partial charge on any atom is 0.303 e. The Kier molecular flexibility index (Phi) is 12.5. The smallest absolute Gasteiger partial charge is 0.303 e. The molecule has 0 fully saturated rings. The number of benzene rings is 2. The maximum absolute atomic E-state index is 10.8. The molecule has 178 valence electrons. The van der Waals surface area contributed by atoms with Crippen LogP contribution in [0.1, 0.15) is 44.2 Å². The highest BCUT2D eigenvalue weighted by molar-refractivity contribution is 5.75. The monoisotopic (exact) mass is 465 g/mol. The summed E-state index contributed by atoms with van der Waals surface area (Å²) in [7, 11) is 0. The SMILES string of the molecule is CC(=O)CCc1ccc(-c2nn[nH]n2)cc1.CCC(=O)O.[C-]#[N+]c1ccc(CCC(=O)O)cc1. The summed E-state index contributed by atoms with van der Waals surface area (Å²) >= 11 is 0. The summed E-state index contributed by atoms with van der Waals surface area (Å²) in [5.41, 5.74) is 3.59. The highest BCUT2D eigenvalue weighted by Gasteiger charge is 2.03. The van der Waals surface area contributed by atoms with Crippen LogP contribution in [-0.4, -0.2) is 48.6 Å². The van der Waals surface area contributed by atoms with E-state index in [4.69, 9.17) is 16.8 Å². The summed E-state index contributed by atoms with van der Waals surface area (Å²) < 4.78 is 0. The van der Waals surface area contributed by atoms with Crippen LogP contribution in [0, 0.1) is 6.57 Å². The van der Waals surface area contributed by atoms with Crippen molar-refractivity contribution in [2.75, 3.05) is 0 Å². The number of ketones is 1. The molecule has 0 bridgehead atoms. The van der Waals surface area contributed by atoms with Gasteiger partial charge >= 0.3 is 11.9 Å². The lowest BCUT2D eigenvalue weighted by Gasteiger charge is -2.00. The molecular weight excluding hydrogens is 438 g/mol. The van der Waals surface area contributed by atoms with E-state index in [1.807, 2.05) is 24.3 Å². The number of H-pyrrole nitrogens is 1. The number of hydrogen-bond donors (Lipinski definition) is 3. The number of aromatic nitrogens is 4. The summed E-state index contributed by atoms with van der Waals surface area (Å²) in [6.07, 6.45) is 2.24. The number of carbonyl (C=O) groups is 3. The topological polar surface area (TPSA) is 150 Å². The van der Waals surface area contributed by atoms with Gasteiger partial charge in [-0.3, -0.25) is 9.59 Å². The van der Waals surface area contributed by atoms with E-state index in [1.165, 1.54) is 0 Å². The van der Waals surface area contributed by atoms with Gasteiger partial charge in [0.15, 0.2) is 5.69 Å². The quantitative estimate of drug-likeness (QED) is 0.420. The Labute approximate surface area is 197 Å². The van der Waals surface area contributed by atoms with Crippen molar-refractivity contribution in [2.24, 2.45) is 0 Å². The van der Waals surface area contributed by atoms with Gasteiger partial charge in [-0.2, -0.15) is 5.21 Å². The van der Waals surface area contributed by atoms with Crippen molar-refractivity contribution >= 4 is 23.4 Å². The predicted molar refractivity (Wildman–Crippen MR) is 125 cm³/mol. The summed E-state index contributed by atoms with van der Waals surface area (Å²) in [6, 6.07) is 14.8. The summed E-state index contributed by atoms with van der Waals surface area (Å²) in [4.78, 5) is 33.7. The number of carboxylic acid groups (broad SMARTS) is 2. The van der Waals surface area contributed by atoms with Crippen molar-refractivity contribution in [1.29, 1.82) is 0 Å². The van der Waals surface area contributed by atoms with E-state index in [-0.39, 0.29) is 18.6 Å². The van der Waals surface area contributed by atoms with E-state index in [2.05, 4.69) is 25.5 Å². The van der Waals surface area contributed by atoms with Crippen LogP contribution in [0.2, 0.25) is 0 Å². The third-order valence-electron chi connectivity index (χ3n) is 4.32. The Hall–Kier alpha value is -4.39. The van der Waals surface area contributed by atoms with Gasteiger partial charge in [-0.1, -0.05) is 55.5 Å². The van der Waals surface area contributed by atoms with Crippen molar-refractivity contribution in [1.82, 2.24) is 20.6 Å². The van der Waals surface area contributed by atoms with Crippen molar-refractivity contribution in [3.63, 3.8) is 0 Å². The van der Waals surface area contributed by atoms with E-state index in [0.717, 1.165) is 23.1 Å². The molecule has 1 heterocycles. The molecule has 3 aromatic rings. The normalized spacial score (nSPS) is 9.44. The molecule has 10 heteroatoms. The second-order valence-electron chi connectivity index (χ2n) is 7.05. The van der Waals surface area contributed by atoms with Crippen LogP contribution < -0.4 is 0 Å². The Morgan fingerprint density at radius 1 is 0.912 bits per heavy atom. The van der Waals surface area contributed by atoms with Gasteiger partial charge in [0.25, 0.3) is 0 Å². The first kappa shape index (κ1) is 27.6. The molecule has 3 N–H and O–H groups in total. The largest absolute Gasteiger partial charge is 0.481 e. The Bertz CT molecular complexity index is 1070. The van der Waals surface area contributed by atoms with E-state index in [0.29, 0.717) is 24.4 Å². The molecule has 0 amide bonds. The van der Waals surface area contributed by atoms with Crippen LogP contribution in [0.25, 0.3) is 16.2 Å². The highest BCUT2D eigenvalue weighted by atomic mass is 16.4. The predicted octanol–water partition coefficient (Wildman–Crippen LogP) is 4.12. The summed E-state index contributed by atoms with van der Waals surface area (Å²) in [5, 5.41) is 29.8. The average Bonchev–Trinajstić information content (AvgIpc) is 3.38. The molecule has 0 atom stereocenters. The number of aromatic amines is 1. The van der Waals surface area contributed by atoms with Gasteiger partial charge in [0.1, 0.15) is 5.78 Å². The standard InChI is InChI=1S/C11H12N4O.C10H9NO2.C3H6O2/c1-8(16)2-3-9-4-6-10(7-5-9)11-12-14-15-13-11;1-11-9-5-2-8(3-6-9)4-7-10(12)13;1-2-3(4)5/h4-7H,2-3H2,1H3,(H,12,13,14,15);2-3,5-6H,4,7H2,(H,12,13);2H2,1H3,(H,4,5). The molecule has 0 radical (unpaired) electrons. The number of hydrogen-bond acceptors (Lipinski definition) is 6. The first-order chi connectivity index (χ1) is 16.2. The zero-order valence-electron chi connectivity index (χ0n) is 19.1. The highest BCUT2D eigenvalue weighted by Crippen LogP contribution is 2.15. The van der Waals surface area contributed by atoms with Crippen molar-refractivity contribution in [2.45, 2.75) is 46.0 Å². The molecule has 2 aromatic carbocycles. The number of aryl methyl sites for hydroxylation is 2. The fourth-order valence-electron chi connectivity index (χ4n) is 2.41. The molecule has 10 nitrogen and oxygen atoms in total. The number of carboxylic acids is 2. The molecule has 0 unspecified atom stereocenters. The van der Waals surface area contributed by atoms with Crippen molar-refractivity contribution in [3.05, 3.63) is 71.1 Å².